The van der Waals surface area contributed by atoms with Crippen molar-refractivity contribution in [3.05, 3.63) is 0 Å². The fourth-order valence-electron chi connectivity index (χ4n) is 3.47. The quantitative estimate of drug-likeness (QED) is 0.629. The molecule has 0 atom stereocenters. The van der Waals surface area contributed by atoms with E-state index in [9.17, 15) is 4.79 Å². The first-order chi connectivity index (χ1) is 9.71. The van der Waals surface area contributed by atoms with Crippen molar-refractivity contribution in [2.24, 2.45) is 0 Å². The highest BCUT2D eigenvalue weighted by molar-refractivity contribution is 5.74. The first-order valence-corrected chi connectivity index (χ1v) is 8.12. The van der Waals surface area contributed by atoms with Crippen LogP contribution in [0.3, 0.4) is 0 Å². The molecule has 0 bridgehead atoms. The lowest BCUT2D eigenvalue weighted by molar-refractivity contribution is 0.219. The molecule has 20 heavy (non-hydrogen) atoms. The van der Waals surface area contributed by atoms with Crippen LogP contribution in [-0.4, -0.2) is 44.3 Å². The van der Waals surface area contributed by atoms with E-state index in [-0.39, 0.29) is 6.03 Å². The number of hydrogen-bond donors (Lipinski definition) is 4. The third-order valence-electron chi connectivity index (χ3n) is 4.94. The van der Waals surface area contributed by atoms with E-state index in [1.165, 1.54) is 0 Å². The zero-order valence-corrected chi connectivity index (χ0v) is 12.9. The summed E-state index contributed by atoms with van der Waals surface area (Å²) in [6.07, 6.45) is 9.00. The zero-order chi connectivity index (χ0) is 14.4. The lowest BCUT2D eigenvalue weighted by Crippen LogP contribution is -2.49. The van der Waals surface area contributed by atoms with Crippen LogP contribution in [0.25, 0.3) is 0 Å². The van der Waals surface area contributed by atoms with Crippen LogP contribution in [0.1, 0.15) is 51.4 Å². The molecule has 2 aliphatic carbocycles. The first-order valence-electron chi connectivity index (χ1n) is 8.12. The Morgan fingerprint density at radius 3 is 1.25 bits per heavy atom. The molecule has 0 aromatic rings. The van der Waals surface area contributed by atoms with Gasteiger partial charge in [-0.3, -0.25) is 0 Å². The van der Waals surface area contributed by atoms with Gasteiger partial charge < -0.3 is 21.3 Å². The SMILES string of the molecule is CN[C@H]1CC[C@H](NC(=O)N[C@H]2CC[C@H](NC)CC2)CC1. The van der Waals surface area contributed by atoms with Crippen molar-refractivity contribution in [1.82, 2.24) is 21.3 Å². The van der Waals surface area contributed by atoms with Gasteiger partial charge in [0.15, 0.2) is 0 Å². The smallest absolute Gasteiger partial charge is 0.315 e. The van der Waals surface area contributed by atoms with Crippen LogP contribution in [0.5, 0.6) is 0 Å². The average molecular weight is 282 g/mol. The maximum atomic E-state index is 12.0. The number of carbonyl (C=O) groups is 1. The molecular formula is C15H30N4O. The Morgan fingerprint density at radius 2 is 0.950 bits per heavy atom. The lowest BCUT2D eigenvalue weighted by Gasteiger charge is -2.31. The molecule has 0 aliphatic heterocycles. The summed E-state index contributed by atoms with van der Waals surface area (Å²) in [4.78, 5) is 12.0. The van der Waals surface area contributed by atoms with Gasteiger partial charge in [-0.15, -0.1) is 0 Å². The molecule has 4 N–H and O–H groups in total. The van der Waals surface area contributed by atoms with Crippen molar-refractivity contribution in [3.63, 3.8) is 0 Å². The van der Waals surface area contributed by atoms with Gasteiger partial charge in [0.1, 0.15) is 0 Å². The van der Waals surface area contributed by atoms with Crippen molar-refractivity contribution in [1.29, 1.82) is 0 Å². The number of urea groups is 1. The summed E-state index contributed by atoms with van der Waals surface area (Å²) in [6, 6.07) is 2.01. The maximum Gasteiger partial charge on any atom is 0.315 e. The van der Waals surface area contributed by atoms with Crippen molar-refractivity contribution in [3.8, 4) is 0 Å². The van der Waals surface area contributed by atoms with Gasteiger partial charge in [-0.2, -0.15) is 0 Å². The Labute approximate surface area is 122 Å². The van der Waals surface area contributed by atoms with Gasteiger partial charge in [0.2, 0.25) is 0 Å². The van der Waals surface area contributed by atoms with Gasteiger partial charge in [-0.1, -0.05) is 0 Å². The highest BCUT2D eigenvalue weighted by Crippen LogP contribution is 2.20. The molecule has 0 radical (unpaired) electrons. The molecule has 5 heteroatoms. The lowest BCUT2D eigenvalue weighted by atomic mass is 9.91. The number of hydrogen-bond acceptors (Lipinski definition) is 3. The molecule has 2 amide bonds. The molecule has 2 saturated carbocycles. The van der Waals surface area contributed by atoms with Crippen LogP contribution < -0.4 is 21.3 Å². The molecule has 2 aliphatic rings. The van der Waals surface area contributed by atoms with E-state index in [1.54, 1.807) is 0 Å². The van der Waals surface area contributed by atoms with Gasteiger partial charge in [-0.05, 0) is 65.5 Å². The summed E-state index contributed by atoms with van der Waals surface area (Å²) >= 11 is 0. The summed E-state index contributed by atoms with van der Waals surface area (Å²) in [5.74, 6) is 0. The van der Waals surface area contributed by atoms with Gasteiger partial charge in [0.25, 0.3) is 0 Å². The van der Waals surface area contributed by atoms with E-state index in [0.29, 0.717) is 24.2 Å². The molecule has 0 aromatic heterocycles. The van der Waals surface area contributed by atoms with Crippen LogP contribution >= 0.6 is 0 Å². The van der Waals surface area contributed by atoms with Gasteiger partial charge in [0.05, 0.1) is 0 Å². The van der Waals surface area contributed by atoms with Crippen LogP contribution in [-0.2, 0) is 0 Å². The Kier molecular flexibility index (Phi) is 6.10. The average Bonchev–Trinajstić information content (AvgIpc) is 2.49. The Hall–Kier alpha value is -0.810. The number of rotatable bonds is 4. The van der Waals surface area contributed by atoms with Crippen molar-refractivity contribution in [2.75, 3.05) is 14.1 Å². The van der Waals surface area contributed by atoms with Crippen molar-refractivity contribution >= 4 is 6.03 Å². The van der Waals surface area contributed by atoms with Gasteiger partial charge in [-0.25, -0.2) is 4.79 Å². The Bertz CT molecular complexity index is 266. The molecule has 2 fully saturated rings. The van der Waals surface area contributed by atoms with Crippen LogP contribution in [0.2, 0.25) is 0 Å². The molecule has 0 unspecified atom stereocenters. The van der Waals surface area contributed by atoms with Crippen LogP contribution in [0.4, 0.5) is 4.79 Å². The van der Waals surface area contributed by atoms with E-state index in [2.05, 4.69) is 21.3 Å². The summed E-state index contributed by atoms with van der Waals surface area (Å²) in [6.45, 7) is 0. The summed E-state index contributed by atoms with van der Waals surface area (Å²) in [5, 5.41) is 12.9. The molecule has 0 aromatic carbocycles. The van der Waals surface area contributed by atoms with E-state index >= 15 is 0 Å². The maximum absolute atomic E-state index is 12.0. The van der Waals surface area contributed by atoms with Crippen molar-refractivity contribution < 1.29 is 4.79 Å². The molecule has 5 nitrogen and oxygen atoms in total. The summed E-state index contributed by atoms with van der Waals surface area (Å²) in [5.41, 5.74) is 0. The fraction of sp³-hybridized carbons (Fsp3) is 0.933. The minimum Gasteiger partial charge on any atom is -0.335 e. The highest BCUT2D eigenvalue weighted by atomic mass is 16.2. The minimum absolute atomic E-state index is 0.0332. The van der Waals surface area contributed by atoms with Crippen LogP contribution in [0.15, 0.2) is 0 Å². The summed E-state index contributed by atoms with van der Waals surface area (Å²) in [7, 11) is 4.04. The zero-order valence-electron chi connectivity index (χ0n) is 12.9. The first kappa shape index (κ1) is 15.6. The normalized spacial score (nSPS) is 34.5. The monoisotopic (exact) mass is 282 g/mol. The second-order valence-electron chi connectivity index (χ2n) is 6.29. The Balaban J connectivity index is 1.63. The third kappa shape index (κ3) is 4.63. The molecule has 0 spiro atoms. The largest absolute Gasteiger partial charge is 0.335 e. The van der Waals surface area contributed by atoms with Crippen LogP contribution in [0, 0.1) is 0 Å². The third-order valence-corrected chi connectivity index (χ3v) is 4.94. The molecular weight excluding hydrogens is 252 g/mol. The highest BCUT2D eigenvalue weighted by Gasteiger charge is 2.24. The number of carbonyl (C=O) groups excluding carboxylic acids is 1. The minimum atomic E-state index is 0.0332. The van der Waals surface area contributed by atoms with Gasteiger partial charge >= 0.3 is 6.03 Å². The van der Waals surface area contributed by atoms with E-state index in [1.807, 2.05) is 14.1 Å². The van der Waals surface area contributed by atoms with E-state index in [0.717, 1.165) is 51.4 Å². The number of amides is 2. The van der Waals surface area contributed by atoms with E-state index in [4.69, 9.17) is 0 Å². The second-order valence-corrected chi connectivity index (χ2v) is 6.29. The molecule has 0 heterocycles. The fourth-order valence-corrected chi connectivity index (χ4v) is 3.47. The standard InChI is InChI=1S/C15H30N4O/c1-16-11-3-7-13(8-4-11)18-15(20)19-14-9-5-12(17-2)6-10-14/h11-14,16-17H,3-10H2,1-2H3,(H2,18,19,20)/t11-,12-,13-,14-. The molecule has 2 rings (SSSR count). The molecule has 0 saturated heterocycles. The Morgan fingerprint density at radius 1 is 0.650 bits per heavy atom. The van der Waals surface area contributed by atoms with E-state index < -0.39 is 0 Å². The summed E-state index contributed by atoms with van der Waals surface area (Å²) < 4.78 is 0. The topological polar surface area (TPSA) is 65.2 Å². The predicted molar refractivity (Wildman–Crippen MR) is 81.9 cm³/mol. The number of nitrogens with one attached hydrogen (secondary N) is 4. The van der Waals surface area contributed by atoms with Crippen molar-refractivity contribution in [2.45, 2.75) is 75.5 Å². The molecule has 116 valence electrons. The second kappa shape index (κ2) is 7.84. The predicted octanol–water partition coefficient (Wildman–Crippen LogP) is 1.35. The van der Waals surface area contributed by atoms with Gasteiger partial charge in [0, 0.05) is 24.2 Å².